The van der Waals surface area contributed by atoms with Crippen LogP contribution >= 0.6 is 11.8 Å². The molecule has 1 aliphatic heterocycles. The summed E-state index contributed by atoms with van der Waals surface area (Å²) in [5.41, 5.74) is 4.46. The van der Waals surface area contributed by atoms with Gasteiger partial charge in [0, 0.05) is 36.2 Å². The molecule has 1 heterocycles. The second-order valence-corrected chi connectivity index (χ2v) is 8.43. The van der Waals surface area contributed by atoms with Crippen LogP contribution in [-0.2, 0) is 11.3 Å². The largest absolute Gasteiger partial charge is 0.472 e. The number of rotatable bonds is 4. The van der Waals surface area contributed by atoms with E-state index in [1.807, 2.05) is 6.07 Å². The molecular weight excluding hydrogens is 464 g/mol. The van der Waals surface area contributed by atoms with Gasteiger partial charge in [-0.25, -0.2) is 9.18 Å². The Labute approximate surface area is 190 Å². The number of amides is 4. The number of urea groups is 1. The zero-order valence-electron chi connectivity index (χ0n) is 17.1. The highest BCUT2D eigenvalue weighted by Crippen LogP contribution is 2.33. The summed E-state index contributed by atoms with van der Waals surface area (Å²) in [6.07, 6.45) is -5.11. The predicted octanol–water partition coefficient (Wildman–Crippen LogP) is 3.15. The van der Waals surface area contributed by atoms with Crippen LogP contribution in [0.5, 0.6) is 0 Å². The minimum Gasteiger partial charge on any atom is -0.334 e. The van der Waals surface area contributed by atoms with Crippen molar-refractivity contribution in [1.29, 1.82) is 0 Å². The van der Waals surface area contributed by atoms with E-state index in [9.17, 15) is 31.9 Å². The monoisotopic (exact) mass is 484 g/mol. The van der Waals surface area contributed by atoms with Crippen molar-refractivity contribution in [2.45, 2.75) is 18.0 Å². The maximum Gasteiger partial charge on any atom is 0.472 e. The molecule has 1 aliphatic rings. The number of benzene rings is 2. The topological polar surface area (TPSA) is 90.5 Å². The Morgan fingerprint density at radius 3 is 2.45 bits per heavy atom. The molecule has 7 nitrogen and oxygen atoms in total. The van der Waals surface area contributed by atoms with Crippen molar-refractivity contribution in [2.24, 2.45) is 0 Å². The Kier molecular flexibility index (Phi) is 7.79. The molecule has 4 amide bonds. The summed E-state index contributed by atoms with van der Waals surface area (Å²) in [5.74, 6) is -2.82. The van der Waals surface area contributed by atoms with Crippen molar-refractivity contribution in [1.82, 2.24) is 21.1 Å². The first-order valence-electron chi connectivity index (χ1n) is 9.80. The van der Waals surface area contributed by atoms with Crippen molar-refractivity contribution in [3.05, 3.63) is 71.0 Å². The molecule has 0 spiro atoms. The van der Waals surface area contributed by atoms with Crippen LogP contribution in [0.1, 0.15) is 26.7 Å². The van der Waals surface area contributed by atoms with Crippen LogP contribution in [0.3, 0.4) is 0 Å². The van der Waals surface area contributed by atoms with Crippen LogP contribution in [-0.4, -0.2) is 47.8 Å². The van der Waals surface area contributed by atoms with Crippen LogP contribution in [0.2, 0.25) is 0 Å². The van der Waals surface area contributed by atoms with Crippen molar-refractivity contribution >= 4 is 29.6 Å². The number of nitrogens with zero attached hydrogens (tertiary/aromatic N) is 1. The maximum atomic E-state index is 13.5. The van der Waals surface area contributed by atoms with Gasteiger partial charge in [-0.3, -0.25) is 20.4 Å². The minimum atomic E-state index is -5.11. The highest BCUT2D eigenvalue weighted by molar-refractivity contribution is 7.99. The first-order valence-corrected chi connectivity index (χ1v) is 10.8. The van der Waals surface area contributed by atoms with Gasteiger partial charge in [-0.05, 0) is 35.4 Å². The molecular formula is C21H20F4N4O3S. The molecule has 2 aromatic rings. The number of thioether (sulfide) groups is 1. The fourth-order valence-corrected chi connectivity index (χ4v) is 4.30. The lowest BCUT2D eigenvalue weighted by Crippen LogP contribution is -2.47. The van der Waals surface area contributed by atoms with Gasteiger partial charge in [0.15, 0.2) is 0 Å². The number of halogens is 4. The normalized spacial score (nSPS) is 16.1. The van der Waals surface area contributed by atoms with E-state index in [4.69, 9.17) is 0 Å². The quantitative estimate of drug-likeness (QED) is 0.460. The standard InChI is InChI=1S/C21H20F4N4O3S/c22-16-3-1-2-15(10-16)17-12-29(8-9-33-17)20(32)26-11-13-4-6-14(7-5-13)18(30)27-28-19(31)21(23,24)25/h1-7,10,17H,8-9,11-12H2,(H,26,32)(H,27,30)(H,28,31). The van der Waals surface area contributed by atoms with Crippen LogP contribution in [0.4, 0.5) is 22.4 Å². The Hall–Kier alpha value is -3.28. The Morgan fingerprint density at radius 1 is 1.06 bits per heavy atom. The van der Waals surface area contributed by atoms with Crippen LogP contribution < -0.4 is 16.2 Å². The van der Waals surface area contributed by atoms with E-state index < -0.39 is 18.0 Å². The zero-order chi connectivity index (χ0) is 24.0. The van der Waals surface area contributed by atoms with Crippen molar-refractivity contribution in [3.8, 4) is 0 Å². The highest BCUT2D eigenvalue weighted by Gasteiger charge is 2.39. The van der Waals surface area contributed by atoms with Crippen molar-refractivity contribution < 1.29 is 31.9 Å². The van der Waals surface area contributed by atoms with Gasteiger partial charge < -0.3 is 10.2 Å². The number of hydrazine groups is 1. The first kappa shape index (κ1) is 24.4. The van der Waals surface area contributed by atoms with Crippen LogP contribution in [0.25, 0.3) is 0 Å². The third-order valence-electron chi connectivity index (χ3n) is 4.78. The molecule has 1 atom stereocenters. The van der Waals surface area contributed by atoms with E-state index in [-0.39, 0.29) is 29.2 Å². The summed E-state index contributed by atoms with van der Waals surface area (Å²) in [4.78, 5) is 36.8. The average molecular weight is 484 g/mol. The maximum absolute atomic E-state index is 13.5. The van der Waals surface area contributed by atoms with E-state index in [1.54, 1.807) is 28.2 Å². The molecule has 12 heteroatoms. The summed E-state index contributed by atoms with van der Waals surface area (Å²) in [6.45, 7) is 1.15. The molecule has 2 aromatic carbocycles. The fraction of sp³-hybridized carbons (Fsp3) is 0.286. The molecule has 0 aromatic heterocycles. The summed E-state index contributed by atoms with van der Waals surface area (Å²) in [5, 5.41) is 2.75. The second-order valence-electron chi connectivity index (χ2n) is 7.12. The number of alkyl halides is 3. The average Bonchev–Trinajstić information content (AvgIpc) is 2.80. The smallest absolute Gasteiger partial charge is 0.334 e. The zero-order valence-corrected chi connectivity index (χ0v) is 17.9. The molecule has 1 unspecified atom stereocenters. The van der Waals surface area contributed by atoms with Gasteiger partial charge in [0.1, 0.15) is 5.82 Å². The van der Waals surface area contributed by atoms with E-state index in [0.29, 0.717) is 24.4 Å². The molecule has 0 aliphatic carbocycles. The third-order valence-corrected chi connectivity index (χ3v) is 6.02. The van der Waals surface area contributed by atoms with Gasteiger partial charge in [0.2, 0.25) is 0 Å². The second kappa shape index (κ2) is 10.6. The van der Waals surface area contributed by atoms with Gasteiger partial charge in [-0.1, -0.05) is 24.3 Å². The molecule has 33 heavy (non-hydrogen) atoms. The Bertz CT molecular complexity index is 1020. The molecule has 0 saturated carbocycles. The van der Waals surface area contributed by atoms with E-state index in [1.165, 1.54) is 41.8 Å². The van der Waals surface area contributed by atoms with E-state index in [2.05, 4.69) is 5.32 Å². The lowest BCUT2D eigenvalue weighted by atomic mass is 10.1. The number of nitrogens with one attached hydrogen (secondary N) is 3. The predicted molar refractivity (Wildman–Crippen MR) is 114 cm³/mol. The molecule has 176 valence electrons. The number of carbonyl (C=O) groups is 3. The van der Waals surface area contributed by atoms with E-state index >= 15 is 0 Å². The number of hydrogen-bond acceptors (Lipinski definition) is 4. The molecule has 0 bridgehead atoms. The third kappa shape index (κ3) is 6.85. The summed E-state index contributed by atoms with van der Waals surface area (Å²) in [6, 6.07) is 11.8. The Morgan fingerprint density at radius 2 is 1.79 bits per heavy atom. The summed E-state index contributed by atoms with van der Waals surface area (Å²) >= 11 is 1.66. The molecule has 1 fully saturated rings. The Balaban J connectivity index is 1.49. The van der Waals surface area contributed by atoms with Gasteiger partial charge in [-0.15, -0.1) is 0 Å². The van der Waals surface area contributed by atoms with Crippen molar-refractivity contribution in [3.63, 3.8) is 0 Å². The lowest BCUT2D eigenvalue weighted by Gasteiger charge is -2.32. The lowest BCUT2D eigenvalue weighted by molar-refractivity contribution is -0.174. The van der Waals surface area contributed by atoms with Gasteiger partial charge >= 0.3 is 18.1 Å². The van der Waals surface area contributed by atoms with Crippen molar-refractivity contribution in [2.75, 3.05) is 18.8 Å². The summed E-state index contributed by atoms with van der Waals surface area (Å²) in [7, 11) is 0. The van der Waals surface area contributed by atoms with E-state index in [0.717, 1.165) is 5.56 Å². The number of carbonyl (C=O) groups excluding carboxylic acids is 3. The first-order chi connectivity index (χ1) is 15.6. The van der Waals surface area contributed by atoms with Gasteiger partial charge in [0.25, 0.3) is 5.91 Å². The molecule has 0 radical (unpaired) electrons. The van der Waals surface area contributed by atoms with Gasteiger partial charge in [0.05, 0.1) is 0 Å². The van der Waals surface area contributed by atoms with Crippen LogP contribution in [0.15, 0.2) is 48.5 Å². The fourth-order valence-electron chi connectivity index (χ4n) is 3.06. The SMILES string of the molecule is O=C(NNC(=O)C(F)(F)F)c1ccc(CNC(=O)N2CCSC(c3cccc(F)c3)C2)cc1. The highest BCUT2D eigenvalue weighted by atomic mass is 32.2. The molecule has 1 saturated heterocycles. The minimum absolute atomic E-state index is 0.0264. The summed E-state index contributed by atoms with van der Waals surface area (Å²) < 4.78 is 49.9. The molecule has 3 rings (SSSR count). The molecule has 3 N–H and O–H groups in total. The number of hydrogen-bond donors (Lipinski definition) is 3. The van der Waals surface area contributed by atoms with Gasteiger partial charge in [-0.2, -0.15) is 24.9 Å². The van der Waals surface area contributed by atoms with Crippen LogP contribution in [0, 0.1) is 5.82 Å².